The zero-order valence-electron chi connectivity index (χ0n) is 9.43. The predicted molar refractivity (Wildman–Crippen MR) is 71.6 cm³/mol. The normalized spacial score (nSPS) is 10.1. The molecule has 92 valence electrons. The van der Waals surface area contributed by atoms with Crippen LogP contribution in [0.3, 0.4) is 0 Å². The highest BCUT2D eigenvalue weighted by molar-refractivity contribution is 7.80. The summed E-state index contributed by atoms with van der Waals surface area (Å²) in [5.41, 5.74) is 6.85. The fourth-order valence-corrected chi connectivity index (χ4v) is 1.45. The van der Waals surface area contributed by atoms with E-state index in [1.54, 1.807) is 18.3 Å². The third-order valence-corrected chi connectivity index (χ3v) is 2.50. The first-order chi connectivity index (χ1) is 8.65. The van der Waals surface area contributed by atoms with Gasteiger partial charge >= 0.3 is 0 Å². The number of hydrogen-bond donors (Lipinski definition) is 2. The van der Waals surface area contributed by atoms with Crippen molar-refractivity contribution in [3.8, 4) is 0 Å². The van der Waals surface area contributed by atoms with E-state index < -0.39 is 0 Å². The number of thiocarbonyl (C=S) groups is 1. The molecule has 0 aliphatic rings. The molecule has 4 nitrogen and oxygen atoms in total. The molecule has 0 saturated carbocycles. The number of aromatic nitrogens is 2. The van der Waals surface area contributed by atoms with Gasteiger partial charge in [0.05, 0.1) is 12.4 Å². The summed E-state index contributed by atoms with van der Waals surface area (Å²) in [6.07, 6.45) is 3.06. The Morgan fingerprint density at radius 3 is 2.50 bits per heavy atom. The molecule has 0 unspecified atom stereocenters. The topological polar surface area (TPSA) is 63.8 Å². The highest BCUT2D eigenvalue weighted by atomic mass is 32.1. The van der Waals surface area contributed by atoms with Crippen LogP contribution < -0.4 is 11.1 Å². The van der Waals surface area contributed by atoms with Crippen molar-refractivity contribution >= 4 is 23.0 Å². The SMILES string of the molecule is NC(=S)c1cnc(NCc2ccc(F)cc2)cn1. The van der Waals surface area contributed by atoms with E-state index in [0.717, 1.165) is 5.56 Å². The lowest BCUT2D eigenvalue weighted by Gasteiger charge is -2.05. The molecular formula is C12H11FN4S. The van der Waals surface area contributed by atoms with Gasteiger partial charge in [0.1, 0.15) is 22.3 Å². The third-order valence-electron chi connectivity index (χ3n) is 2.29. The minimum Gasteiger partial charge on any atom is -0.388 e. The fourth-order valence-electron chi connectivity index (χ4n) is 1.34. The van der Waals surface area contributed by atoms with Crippen LogP contribution in [0.1, 0.15) is 11.3 Å². The quantitative estimate of drug-likeness (QED) is 0.823. The summed E-state index contributed by atoms with van der Waals surface area (Å²) >= 11 is 4.78. The minimum atomic E-state index is -0.251. The monoisotopic (exact) mass is 262 g/mol. The van der Waals surface area contributed by atoms with Crippen LogP contribution in [0, 0.1) is 5.82 Å². The maximum atomic E-state index is 12.7. The first kappa shape index (κ1) is 12.4. The molecule has 1 aromatic carbocycles. The van der Waals surface area contributed by atoms with E-state index in [1.165, 1.54) is 18.3 Å². The zero-order valence-corrected chi connectivity index (χ0v) is 10.2. The number of halogens is 1. The van der Waals surface area contributed by atoms with Gasteiger partial charge in [0.25, 0.3) is 0 Å². The maximum absolute atomic E-state index is 12.7. The predicted octanol–water partition coefficient (Wildman–Crippen LogP) is 1.86. The molecule has 0 saturated heterocycles. The average molecular weight is 262 g/mol. The summed E-state index contributed by atoms with van der Waals surface area (Å²) in [7, 11) is 0. The van der Waals surface area contributed by atoms with Gasteiger partial charge in [-0.15, -0.1) is 0 Å². The minimum absolute atomic E-state index is 0.215. The molecule has 0 spiro atoms. The molecular weight excluding hydrogens is 251 g/mol. The van der Waals surface area contributed by atoms with Crippen molar-refractivity contribution < 1.29 is 4.39 Å². The first-order valence-electron chi connectivity index (χ1n) is 5.25. The second-order valence-electron chi connectivity index (χ2n) is 3.63. The lowest BCUT2D eigenvalue weighted by molar-refractivity contribution is 0.627. The molecule has 0 radical (unpaired) electrons. The fraction of sp³-hybridized carbons (Fsp3) is 0.0833. The van der Waals surface area contributed by atoms with Gasteiger partial charge < -0.3 is 11.1 Å². The summed E-state index contributed by atoms with van der Waals surface area (Å²) < 4.78 is 12.7. The molecule has 0 atom stereocenters. The van der Waals surface area contributed by atoms with E-state index >= 15 is 0 Å². The van der Waals surface area contributed by atoms with Crippen molar-refractivity contribution in [3.63, 3.8) is 0 Å². The van der Waals surface area contributed by atoms with Crippen LogP contribution in [-0.2, 0) is 6.54 Å². The van der Waals surface area contributed by atoms with Gasteiger partial charge in [0.15, 0.2) is 0 Å². The van der Waals surface area contributed by atoms with Crippen LogP contribution in [-0.4, -0.2) is 15.0 Å². The number of benzene rings is 1. The molecule has 6 heteroatoms. The Morgan fingerprint density at radius 1 is 1.22 bits per heavy atom. The maximum Gasteiger partial charge on any atom is 0.144 e. The Bertz CT molecular complexity index is 539. The molecule has 2 rings (SSSR count). The molecule has 2 aromatic rings. The van der Waals surface area contributed by atoms with Gasteiger partial charge in [-0.2, -0.15) is 0 Å². The van der Waals surface area contributed by atoms with E-state index in [-0.39, 0.29) is 10.8 Å². The first-order valence-corrected chi connectivity index (χ1v) is 5.66. The highest BCUT2D eigenvalue weighted by Gasteiger charge is 2.00. The van der Waals surface area contributed by atoms with Gasteiger partial charge in [-0.3, -0.25) is 0 Å². The number of rotatable bonds is 4. The molecule has 1 heterocycles. The molecule has 0 aliphatic heterocycles. The van der Waals surface area contributed by atoms with E-state index in [2.05, 4.69) is 15.3 Å². The zero-order chi connectivity index (χ0) is 13.0. The standard InChI is InChI=1S/C12H11FN4S/c13-9-3-1-8(2-4-9)5-16-11-7-15-10(6-17-11)12(14)18/h1-4,6-7H,5H2,(H2,14,18)(H,16,17). The average Bonchev–Trinajstić information content (AvgIpc) is 2.38. The van der Waals surface area contributed by atoms with E-state index in [0.29, 0.717) is 18.1 Å². The van der Waals surface area contributed by atoms with Crippen LogP contribution in [0.2, 0.25) is 0 Å². The Labute approximate surface area is 109 Å². The van der Waals surface area contributed by atoms with Crippen molar-refractivity contribution in [2.24, 2.45) is 5.73 Å². The second kappa shape index (κ2) is 5.50. The molecule has 0 aliphatic carbocycles. The Morgan fingerprint density at radius 2 is 1.94 bits per heavy atom. The molecule has 18 heavy (non-hydrogen) atoms. The summed E-state index contributed by atoms with van der Waals surface area (Å²) in [5.74, 6) is 0.360. The third kappa shape index (κ3) is 3.21. The lowest BCUT2D eigenvalue weighted by atomic mass is 10.2. The van der Waals surface area contributed by atoms with Crippen molar-refractivity contribution in [2.45, 2.75) is 6.54 Å². The van der Waals surface area contributed by atoms with Crippen LogP contribution in [0.5, 0.6) is 0 Å². The van der Waals surface area contributed by atoms with Gasteiger partial charge in [0, 0.05) is 6.54 Å². The Hall–Kier alpha value is -2.08. The molecule has 1 aromatic heterocycles. The van der Waals surface area contributed by atoms with Crippen LogP contribution in [0.15, 0.2) is 36.7 Å². The number of nitrogens with one attached hydrogen (secondary N) is 1. The Kier molecular flexibility index (Phi) is 3.78. The smallest absolute Gasteiger partial charge is 0.144 e. The molecule has 0 fully saturated rings. The molecule has 0 bridgehead atoms. The van der Waals surface area contributed by atoms with Crippen molar-refractivity contribution in [1.29, 1.82) is 0 Å². The summed E-state index contributed by atoms with van der Waals surface area (Å²) in [5, 5.41) is 3.07. The van der Waals surface area contributed by atoms with Gasteiger partial charge in [0.2, 0.25) is 0 Å². The van der Waals surface area contributed by atoms with E-state index in [9.17, 15) is 4.39 Å². The van der Waals surface area contributed by atoms with Crippen molar-refractivity contribution in [2.75, 3.05) is 5.32 Å². The number of nitrogens with two attached hydrogens (primary N) is 1. The summed E-state index contributed by atoms with van der Waals surface area (Å²) in [6, 6.07) is 6.25. The van der Waals surface area contributed by atoms with Crippen LogP contribution in [0.4, 0.5) is 10.2 Å². The van der Waals surface area contributed by atoms with Crippen LogP contribution >= 0.6 is 12.2 Å². The second-order valence-corrected chi connectivity index (χ2v) is 4.07. The van der Waals surface area contributed by atoms with Gasteiger partial charge in [-0.25, -0.2) is 14.4 Å². The highest BCUT2D eigenvalue weighted by Crippen LogP contribution is 2.06. The van der Waals surface area contributed by atoms with E-state index in [1.807, 2.05) is 0 Å². The summed E-state index contributed by atoms with van der Waals surface area (Å²) in [4.78, 5) is 8.39. The number of anilines is 1. The summed E-state index contributed by atoms with van der Waals surface area (Å²) in [6.45, 7) is 0.543. The van der Waals surface area contributed by atoms with Crippen molar-refractivity contribution in [1.82, 2.24) is 9.97 Å². The number of nitrogens with zero attached hydrogens (tertiary/aromatic N) is 2. The lowest BCUT2D eigenvalue weighted by Crippen LogP contribution is -2.12. The Balaban J connectivity index is 1.97. The molecule has 3 N–H and O–H groups in total. The van der Waals surface area contributed by atoms with E-state index in [4.69, 9.17) is 18.0 Å². The van der Waals surface area contributed by atoms with Crippen LogP contribution in [0.25, 0.3) is 0 Å². The van der Waals surface area contributed by atoms with Gasteiger partial charge in [-0.1, -0.05) is 24.4 Å². The number of hydrogen-bond acceptors (Lipinski definition) is 4. The van der Waals surface area contributed by atoms with Crippen molar-refractivity contribution in [3.05, 3.63) is 53.7 Å². The largest absolute Gasteiger partial charge is 0.388 e. The van der Waals surface area contributed by atoms with Gasteiger partial charge in [-0.05, 0) is 17.7 Å². The molecule has 0 amide bonds.